The Kier molecular flexibility index (Phi) is 8.24. The van der Waals surface area contributed by atoms with Gasteiger partial charge in [0.1, 0.15) is 11.4 Å². The number of Topliss-reactive ketones (excluding diaryl/α,β-unsaturated/α-hetero) is 1. The number of amides is 1. The number of aromatic nitrogens is 1. The van der Waals surface area contributed by atoms with Gasteiger partial charge in [0.15, 0.2) is 6.61 Å². The molecule has 4 aromatic rings. The first-order chi connectivity index (χ1) is 19.0. The quantitative estimate of drug-likeness (QED) is 0.119. The summed E-state index contributed by atoms with van der Waals surface area (Å²) in [7, 11) is 0. The van der Waals surface area contributed by atoms with Gasteiger partial charge in [-0.05, 0) is 62.4 Å². The van der Waals surface area contributed by atoms with Crippen LogP contribution in [-0.2, 0) is 27.3 Å². The number of ether oxygens (including phenoxy) is 2. The van der Waals surface area contributed by atoms with E-state index >= 15 is 0 Å². The maximum absolute atomic E-state index is 13.2. The number of hydrogen-bond donors (Lipinski definition) is 1. The molecule has 1 heterocycles. The second kappa shape index (κ2) is 11.6. The summed E-state index contributed by atoms with van der Waals surface area (Å²) < 4.78 is 13.5. The Morgan fingerprint density at radius 2 is 1.62 bits per heavy atom. The number of nitrogens with two attached hydrogens (primary N) is 1. The molecule has 0 aliphatic heterocycles. The summed E-state index contributed by atoms with van der Waals surface area (Å²) in [6.07, 6.45) is 2.13. The Morgan fingerprint density at radius 1 is 0.950 bits per heavy atom. The van der Waals surface area contributed by atoms with Crippen molar-refractivity contribution in [2.75, 3.05) is 6.61 Å². The molecule has 0 aliphatic rings. The van der Waals surface area contributed by atoms with E-state index in [0.29, 0.717) is 40.9 Å². The van der Waals surface area contributed by atoms with Gasteiger partial charge in [-0.3, -0.25) is 9.59 Å². The van der Waals surface area contributed by atoms with Crippen LogP contribution in [0, 0.1) is 6.92 Å². The molecule has 3 aromatic carbocycles. The van der Waals surface area contributed by atoms with Gasteiger partial charge in [-0.15, -0.1) is 6.58 Å². The molecule has 0 atom stereocenters. The van der Waals surface area contributed by atoms with Gasteiger partial charge < -0.3 is 19.8 Å². The Hall–Kier alpha value is -4.65. The van der Waals surface area contributed by atoms with Crippen molar-refractivity contribution >= 4 is 28.6 Å². The lowest BCUT2D eigenvalue weighted by molar-refractivity contribution is -0.157. The standard InChI is InChI=1S/C33H34N2O5/c1-6-12-23-17-18-26-29(31(23)39-20-27(36)40-33(3,4)5)28(30(37)32(34)38)21(2)35(26)19-24-15-10-11-16-25(24)22-13-8-7-9-14-22/h6-11,13-18H,1,12,19-20H2,2-5H3,(H2,34,38). The number of benzene rings is 3. The highest BCUT2D eigenvalue weighted by atomic mass is 16.6. The molecule has 4 rings (SSSR count). The average Bonchev–Trinajstić information content (AvgIpc) is 3.18. The van der Waals surface area contributed by atoms with Crippen LogP contribution in [0.2, 0.25) is 0 Å². The molecular formula is C33H34N2O5. The van der Waals surface area contributed by atoms with E-state index in [2.05, 4.69) is 12.6 Å². The predicted molar refractivity (Wildman–Crippen MR) is 156 cm³/mol. The van der Waals surface area contributed by atoms with Gasteiger partial charge in [0.05, 0.1) is 16.5 Å². The van der Waals surface area contributed by atoms with E-state index in [4.69, 9.17) is 15.2 Å². The lowest BCUT2D eigenvalue weighted by Gasteiger charge is -2.20. The van der Waals surface area contributed by atoms with Crippen molar-refractivity contribution in [3.8, 4) is 16.9 Å². The lowest BCUT2D eigenvalue weighted by atomic mass is 9.99. The van der Waals surface area contributed by atoms with E-state index in [1.54, 1.807) is 33.8 Å². The van der Waals surface area contributed by atoms with Crippen LogP contribution in [0.5, 0.6) is 5.75 Å². The third-order valence-electron chi connectivity index (χ3n) is 6.52. The number of esters is 1. The Bertz CT molecular complexity index is 1590. The third kappa shape index (κ3) is 5.99. The monoisotopic (exact) mass is 538 g/mol. The van der Waals surface area contributed by atoms with Crippen molar-refractivity contribution in [1.29, 1.82) is 0 Å². The number of nitrogens with zero attached hydrogens (tertiary/aromatic N) is 1. The zero-order valence-electron chi connectivity index (χ0n) is 23.3. The van der Waals surface area contributed by atoms with Crippen LogP contribution in [0.15, 0.2) is 79.4 Å². The van der Waals surface area contributed by atoms with Crippen molar-refractivity contribution in [2.24, 2.45) is 5.73 Å². The molecule has 2 N–H and O–H groups in total. The number of primary amides is 1. The number of carbonyl (C=O) groups excluding carboxylic acids is 3. The van der Waals surface area contributed by atoms with Gasteiger partial charge in [-0.1, -0.05) is 66.7 Å². The van der Waals surface area contributed by atoms with E-state index in [1.165, 1.54) is 0 Å². The fraction of sp³-hybridized carbons (Fsp3) is 0.242. The zero-order chi connectivity index (χ0) is 29.0. The highest BCUT2D eigenvalue weighted by molar-refractivity contribution is 6.45. The van der Waals surface area contributed by atoms with Crippen molar-refractivity contribution in [3.05, 3.63) is 102 Å². The molecule has 1 aromatic heterocycles. The first-order valence-electron chi connectivity index (χ1n) is 13.1. The highest BCUT2D eigenvalue weighted by Crippen LogP contribution is 2.38. The summed E-state index contributed by atoms with van der Waals surface area (Å²) >= 11 is 0. The lowest BCUT2D eigenvalue weighted by Crippen LogP contribution is -2.27. The summed E-state index contributed by atoms with van der Waals surface area (Å²) in [5, 5.41) is 0.432. The number of carbonyl (C=O) groups is 3. The van der Waals surface area contributed by atoms with Crippen LogP contribution in [0.3, 0.4) is 0 Å². The molecule has 7 heteroatoms. The molecule has 0 spiro atoms. The van der Waals surface area contributed by atoms with Gasteiger partial charge in [0.25, 0.3) is 11.7 Å². The maximum Gasteiger partial charge on any atom is 0.344 e. The van der Waals surface area contributed by atoms with Crippen molar-refractivity contribution in [3.63, 3.8) is 0 Å². The summed E-state index contributed by atoms with van der Waals surface area (Å²) in [5.74, 6) is -2.12. The van der Waals surface area contributed by atoms with Gasteiger partial charge >= 0.3 is 5.97 Å². The fourth-order valence-corrected chi connectivity index (χ4v) is 4.89. The van der Waals surface area contributed by atoms with Gasteiger partial charge in [0, 0.05) is 12.2 Å². The van der Waals surface area contributed by atoms with E-state index in [-0.39, 0.29) is 12.2 Å². The smallest absolute Gasteiger partial charge is 0.344 e. The fourth-order valence-electron chi connectivity index (χ4n) is 4.89. The topological polar surface area (TPSA) is 101 Å². The normalized spacial score (nSPS) is 11.3. The van der Waals surface area contributed by atoms with Crippen molar-refractivity contribution < 1.29 is 23.9 Å². The zero-order valence-corrected chi connectivity index (χ0v) is 23.3. The van der Waals surface area contributed by atoms with Crippen LogP contribution in [-0.4, -0.2) is 34.4 Å². The molecule has 7 nitrogen and oxygen atoms in total. The molecule has 206 valence electrons. The molecule has 0 unspecified atom stereocenters. The number of hydrogen-bond acceptors (Lipinski definition) is 5. The first kappa shape index (κ1) is 28.4. The minimum absolute atomic E-state index is 0.157. The summed E-state index contributed by atoms with van der Waals surface area (Å²) in [4.78, 5) is 37.9. The third-order valence-corrected chi connectivity index (χ3v) is 6.52. The highest BCUT2D eigenvalue weighted by Gasteiger charge is 2.28. The van der Waals surface area contributed by atoms with Crippen LogP contribution in [0.4, 0.5) is 0 Å². The van der Waals surface area contributed by atoms with Crippen molar-refractivity contribution in [2.45, 2.75) is 46.3 Å². The first-order valence-corrected chi connectivity index (χ1v) is 13.1. The van der Waals surface area contributed by atoms with Crippen LogP contribution >= 0.6 is 0 Å². The Morgan fingerprint density at radius 3 is 2.27 bits per heavy atom. The maximum atomic E-state index is 13.2. The molecule has 0 saturated heterocycles. The molecule has 0 radical (unpaired) electrons. The number of ketones is 1. The Balaban J connectivity index is 1.91. The van der Waals surface area contributed by atoms with Crippen LogP contribution in [0.25, 0.3) is 22.0 Å². The average molecular weight is 539 g/mol. The Labute approximate surface area is 234 Å². The molecule has 0 bridgehead atoms. The van der Waals surface area contributed by atoms with Gasteiger partial charge in [0.2, 0.25) is 0 Å². The summed E-state index contributed by atoms with van der Waals surface area (Å²) in [6, 6.07) is 21.9. The molecule has 0 aliphatic carbocycles. The number of fused-ring (bicyclic) bond motifs is 1. The SMILES string of the molecule is C=CCc1ccc2c(c1OCC(=O)OC(C)(C)C)c(C(=O)C(N)=O)c(C)n2Cc1ccccc1-c1ccccc1. The van der Waals surface area contributed by atoms with Crippen LogP contribution in [0.1, 0.15) is 48.0 Å². The minimum atomic E-state index is -1.07. The minimum Gasteiger partial charge on any atom is -0.481 e. The number of rotatable bonds is 10. The molecular weight excluding hydrogens is 504 g/mol. The van der Waals surface area contributed by atoms with Gasteiger partial charge in [-0.2, -0.15) is 0 Å². The molecule has 0 fully saturated rings. The molecule has 40 heavy (non-hydrogen) atoms. The van der Waals surface area contributed by atoms with Crippen molar-refractivity contribution in [1.82, 2.24) is 4.57 Å². The van der Waals surface area contributed by atoms with E-state index in [1.807, 2.05) is 65.2 Å². The molecule has 1 amide bonds. The number of allylic oxidation sites excluding steroid dienone is 1. The predicted octanol–water partition coefficient (Wildman–Crippen LogP) is 5.78. The molecule has 0 saturated carbocycles. The second-order valence-electron chi connectivity index (χ2n) is 10.6. The second-order valence-corrected chi connectivity index (χ2v) is 10.6. The summed E-state index contributed by atoms with van der Waals surface area (Å²) in [6.45, 7) is 11.0. The van der Waals surface area contributed by atoms with E-state index in [9.17, 15) is 14.4 Å². The van der Waals surface area contributed by atoms with Crippen LogP contribution < -0.4 is 10.5 Å². The van der Waals surface area contributed by atoms with Gasteiger partial charge in [-0.25, -0.2) is 4.79 Å². The largest absolute Gasteiger partial charge is 0.481 e. The summed E-state index contributed by atoms with van der Waals surface area (Å²) in [5.41, 5.74) is 10.1. The van der Waals surface area contributed by atoms with E-state index < -0.39 is 23.3 Å². The van der Waals surface area contributed by atoms with E-state index in [0.717, 1.165) is 16.7 Å².